The average Bonchev–Trinajstić information content (AvgIpc) is 3.31. The molecule has 0 bridgehead atoms. The van der Waals surface area contributed by atoms with Crippen LogP contribution in [0.1, 0.15) is 21.7 Å². The Hall–Kier alpha value is -4.43. The Labute approximate surface area is 204 Å². The SMILES string of the molecule is Cc1ccc(Sc2ccc(/C=N\NC(=O)c3cc4c(ccc5ccccc54)o3)cc2[N+](=O)[O-])cc1. The van der Waals surface area contributed by atoms with Crippen molar-refractivity contribution >= 4 is 51.3 Å². The summed E-state index contributed by atoms with van der Waals surface area (Å²) in [5.74, 6) is -0.382. The number of amides is 1. The molecule has 4 aromatic carbocycles. The van der Waals surface area contributed by atoms with E-state index in [1.807, 2.05) is 67.6 Å². The van der Waals surface area contributed by atoms with E-state index in [9.17, 15) is 14.9 Å². The third-order valence-corrected chi connectivity index (χ3v) is 6.53. The fourth-order valence-corrected chi connectivity index (χ4v) is 4.60. The minimum Gasteiger partial charge on any atom is -0.451 e. The van der Waals surface area contributed by atoms with Gasteiger partial charge in [0.25, 0.3) is 5.69 Å². The van der Waals surface area contributed by atoms with Crippen molar-refractivity contribution in [1.29, 1.82) is 0 Å². The number of fused-ring (bicyclic) bond motifs is 3. The summed E-state index contributed by atoms with van der Waals surface area (Å²) in [6.45, 7) is 1.99. The van der Waals surface area contributed by atoms with Crippen LogP contribution in [0.15, 0.2) is 104 Å². The summed E-state index contributed by atoms with van der Waals surface area (Å²) in [5.41, 5.74) is 4.61. The highest BCUT2D eigenvalue weighted by atomic mass is 32.2. The van der Waals surface area contributed by atoms with Crippen molar-refractivity contribution in [2.75, 3.05) is 0 Å². The number of benzene rings is 4. The monoisotopic (exact) mass is 481 g/mol. The van der Waals surface area contributed by atoms with Crippen LogP contribution in [0.4, 0.5) is 5.69 Å². The van der Waals surface area contributed by atoms with Crippen LogP contribution in [0, 0.1) is 17.0 Å². The van der Waals surface area contributed by atoms with Gasteiger partial charge in [0.05, 0.1) is 16.0 Å². The number of rotatable bonds is 6. The number of carbonyl (C=O) groups is 1. The summed E-state index contributed by atoms with van der Waals surface area (Å²) in [6, 6.07) is 25.9. The first kappa shape index (κ1) is 22.4. The van der Waals surface area contributed by atoms with E-state index in [0.29, 0.717) is 16.0 Å². The van der Waals surface area contributed by atoms with Crippen molar-refractivity contribution in [3.05, 3.63) is 112 Å². The zero-order chi connectivity index (χ0) is 24.4. The number of nitro benzene ring substituents is 1. The Balaban J connectivity index is 1.32. The maximum absolute atomic E-state index is 12.6. The fourth-order valence-electron chi connectivity index (χ4n) is 3.70. The molecule has 0 aliphatic rings. The molecule has 0 aliphatic carbocycles. The smallest absolute Gasteiger partial charge is 0.307 e. The molecule has 0 aliphatic heterocycles. The van der Waals surface area contributed by atoms with Crippen LogP contribution < -0.4 is 5.43 Å². The van der Waals surface area contributed by atoms with E-state index < -0.39 is 10.8 Å². The number of nitrogens with zero attached hydrogens (tertiary/aromatic N) is 2. The molecule has 0 radical (unpaired) electrons. The van der Waals surface area contributed by atoms with Gasteiger partial charge >= 0.3 is 5.91 Å². The van der Waals surface area contributed by atoms with Crippen LogP contribution in [0.3, 0.4) is 0 Å². The van der Waals surface area contributed by atoms with E-state index in [2.05, 4.69) is 10.5 Å². The second-order valence-electron chi connectivity index (χ2n) is 7.91. The van der Waals surface area contributed by atoms with Crippen molar-refractivity contribution in [3.63, 3.8) is 0 Å². The third-order valence-electron chi connectivity index (χ3n) is 5.46. The number of nitrogens with one attached hydrogen (secondary N) is 1. The van der Waals surface area contributed by atoms with Crippen LogP contribution in [0.2, 0.25) is 0 Å². The number of furan rings is 1. The third kappa shape index (κ3) is 4.78. The van der Waals surface area contributed by atoms with Gasteiger partial charge in [-0.15, -0.1) is 0 Å². The van der Waals surface area contributed by atoms with Crippen LogP contribution >= 0.6 is 11.8 Å². The molecule has 1 N–H and O–H groups in total. The van der Waals surface area contributed by atoms with Gasteiger partial charge in [0.1, 0.15) is 5.58 Å². The number of carbonyl (C=O) groups excluding carboxylic acids is 1. The molecule has 5 rings (SSSR count). The molecular formula is C27H19N3O4S. The number of hydrogen-bond acceptors (Lipinski definition) is 6. The van der Waals surface area contributed by atoms with Gasteiger partial charge in [-0.2, -0.15) is 5.10 Å². The average molecular weight is 482 g/mol. The first-order valence-corrected chi connectivity index (χ1v) is 11.6. The van der Waals surface area contributed by atoms with Gasteiger partial charge in [0.2, 0.25) is 0 Å². The lowest BCUT2D eigenvalue weighted by Gasteiger charge is -2.04. The molecule has 0 spiro atoms. The Bertz CT molecular complexity index is 1610. The first-order valence-electron chi connectivity index (χ1n) is 10.8. The molecule has 35 heavy (non-hydrogen) atoms. The van der Waals surface area contributed by atoms with E-state index in [0.717, 1.165) is 26.6 Å². The van der Waals surface area contributed by atoms with Crippen molar-refractivity contribution in [2.24, 2.45) is 5.10 Å². The molecule has 1 amide bonds. The second kappa shape index (κ2) is 9.44. The minimum absolute atomic E-state index is 0.0324. The molecule has 8 heteroatoms. The molecular weight excluding hydrogens is 462 g/mol. The quantitative estimate of drug-likeness (QED) is 0.165. The minimum atomic E-state index is -0.512. The summed E-state index contributed by atoms with van der Waals surface area (Å²) < 4.78 is 5.69. The standard InChI is InChI=1S/C27H19N3O4S/c1-17-6-10-20(11-7-17)35-26-13-8-18(14-23(26)30(32)33)16-28-29-27(31)25-15-22-21-5-3-2-4-19(21)9-12-24(22)34-25/h2-16H,1H3,(H,29,31)/b28-16-. The van der Waals surface area contributed by atoms with Crippen molar-refractivity contribution < 1.29 is 14.1 Å². The maximum atomic E-state index is 12.6. The van der Waals surface area contributed by atoms with Crippen LogP contribution in [-0.4, -0.2) is 17.0 Å². The summed E-state index contributed by atoms with van der Waals surface area (Å²) in [5, 5.41) is 18.5. The molecule has 7 nitrogen and oxygen atoms in total. The summed E-state index contributed by atoms with van der Waals surface area (Å²) in [6.07, 6.45) is 1.36. The summed E-state index contributed by atoms with van der Waals surface area (Å²) >= 11 is 1.32. The molecule has 0 saturated heterocycles. The highest BCUT2D eigenvalue weighted by molar-refractivity contribution is 7.99. The van der Waals surface area contributed by atoms with E-state index in [1.54, 1.807) is 18.2 Å². The lowest BCUT2D eigenvalue weighted by molar-refractivity contribution is -0.387. The number of hydrogen-bond donors (Lipinski definition) is 1. The molecule has 0 fully saturated rings. The van der Waals surface area contributed by atoms with E-state index >= 15 is 0 Å². The molecule has 0 unspecified atom stereocenters. The van der Waals surface area contributed by atoms with Gasteiger partial charge in [0.15, 0.2) is 5.76 Å². The van der Waals surface area contributed by atoms with E-state index in [4.69, 9.17) is 4.42 Å². The predicted octanol–water partition coefficient (Wildman–Crippen LogP) is 6.72. The Morgan fingerprint density at radius 2 is 1.80 bits per heavy atom. The van der Waals surface area contributed by atoms with Crippen molar-refractivity contribution in [1.82, 2.24) is 5.43 Å². The molecule has 172 valence electrons. The molecule has 0 saturated carbocycles. The zero-order valence-corrected chi connectivity index (χ0v) is 19.4. The predicted molar refractivity (Wildman–Crippen MR) is 137 cm³/mol. The van der Waals surface area contributed by atoms with Gasteiger partial charge in [-0.25, -0.2) is 5.43 Å². The highest BCUT2D eigenvalue weighted by Gasteiger charge is 2.16. The number of nitro groups is 1. The lowest BCUT2D eigenvalue weighted by Crippen LogP contribution is -2.16. The topological polar surface area (TPSA) is 97.7 Å². The van der Waals surface area contributed by atoms with Gasteiger partial charge < -0.3 is 4.42 Å². The number of hydrazone groups is 1. The lowest BCUT2D eigenvalue weighted by atomic mass is 10.1. The summed E-state index contributed by atoms with van der Waals surface area (Å²) in [7, 11) is 0. The van der Waals surface area contributed by atoms with Gasteiger partial charge in [-0.1, -0.05) is 65.9 Å². The molecule has 1 aromatic heterocycles. The van der Waals surface area contributed by atoms with Gasteiger partial charge in [-0.05, 0) is 48.0 Å². The number of aryl methyl sites for hydroxylation is 1. The Kier molecular flexibility index (Phi) is 6.03. The maximum Gasteiger partial charge on any atom is 0.307 e. The Morgan fingerprint density at radius 3 is 2.60 bits per heavy atom. The highest BCUT2D eigenvalue weighted by Crippen LogP contribution is 2.35. The normalized spacial score (nSPS) is 11.3. The zero-order valence-electron chi connectivity index (χ0n) is 18.6. The van der Waals surface area contributed by atoms with Crippen molar-refractivity contribution in [2.45, 2.75) is 16.7 Å². The molecule has 5 aromatic rings. The second-order valence-corrected chi connectivity index (χ2v) is 9.02. The summed E-state index contributed by atoms with van der Waals surface area (Å²) in [4.78, 5) is 25.2. The van der Waals surface area contributed by atoms with Gasteiger partial charge in [-0.3, -0.25) is 14.9 Å². The first-order chi connectivity index (χ1) is 17.0. The Morgan fingerprint density at radius 1 is 1.00 bits per heavy atom. The van der Waals surface area contributed by atoms with E-state index in [1.165, 1.54) is 24.0 Å². The van der Waals surface area contributed by atoms with Crippen molar-refractivity contribution in [3.8, 4) is 0 Å². The fraction of sp³-hybridized carbons (Fsp3) is 0.0370. The van der Waals surface area contributed by atoms with Crippen LogP contribution in [0.5, 0.6) is 0 Å². The molecule has 0 atom stereocenters. The van der Waals surface area contributed by atoms with Crippen LogP contribution in [0.25, 0.3) is 21.7 Å². The molecule has 1 heterocycles. The largest absolute Gasteiger partial charge is 0.451 e. The van der Waals surface area contributed by atoms with Gasteiger partial charge in [0, 0.05) is 21.9 Å². The van der Waals surface area contributed by atoms with Crippen LogP contribution in [-0.2, 0) is 0 Å². The van der Waals surface area contributed by atoms with E-state index in [-0.39, 0.29) is 11.4 Å².